The number of nitrogens with one attached hydrogen (secondary N) is 1. The fraction of sp³-hybridized carbons (Fsp3) is 0.333. The van der Waals surface area contributed by atoms with Crippen LogP contribution in [-0.4, -0.2) is 29.9 Å². The largest absolute Gasteiger partial charge is 0.378 e. The molecule has 7 heteroatoms. The second-order valence-corrected chi connectivity index (χ2v) is 4.55. The molecule has 1 saturated heterocycles. The summed E-state index contributed by atoms with van der Waals surface area (Å²) in [5, 5.41) is 7.07. The first-order chi connectivity index (χ1) is 9.25. The predicted octanol–water partition coefficient (Wildman–Crippen LogP) is 2.19. The van der Waals surface area contributed by atoms with Gasteiger partial charge in [-0.25, -0.2) is 4.39 Å². The molecule has 19 heavy (non-hydrogen) atoms. The number of halogens is 2. The number of hydrogen-bond acceptors (Lipinski definition) is 5. The van der Waals surface area contributed by atoms with Crippen molar-refractivity contribution in [2.45, 2.75) is 6.04 Å². The molecule has 5 nitrogen and oxygen atoms in total. The summed E-state index contributed by atoms with van der Waals surface area (Å²) in [4.78, 5) is 4.19. The molecule has 0 amide bonds. The van der Waals surface area contributed by atoms with E-state index in [0.717, 1.165) is 6.54 Å². The Labute approximate surface area is 113 Å². The molecule has 1 unspecified atom stereocenters. The lowest BCUT2D eigenvalue weighted by Gasteiger charge is -2.20. The Bertz CT molecular complexity index is 584. The summed E-state index contributed by atoms with van der Waals surface area (Å²) in [7, 11) is 0. The Morgan fingerprint density at radius 2 is 2.32 bits per heavy atom. The second kappa shape index (κ2) is 5.24. The van der Waals surface area contributed by atoms with Gasteiger partial charge in [-0.3, -0.25) is 0 Å². The van der Waals surface area contributed by atoms with E-state index in [1.54, 1.807) is 12.1 Å². The molecule has 1 aliphatic heterocycles. The third-order valence-corrected chi connectivity index (χ3v) is 3.15. The quantitative estimate of drug-likeness (QED) is 0.915. The topological polar surface area (TPSA) is 60.2 Å². The minimum absolute atomic E-state index is 0.0244. The number of ether oxygens (including phenoxy) is 1. The van der Waals surface area contributed by atoms with Gasteiger partial charge in [0.15, 0.2) is 11.6 Å². The Morgan fingerprint density at radius 1 is 1.42 bits per heavy atom. The van der Waals surface area contributed by atoms with Crippen molar-refractivity contribution in [2.24, 2.45) is 0 Å². The zero-order valence-electron chi connectivity index (χ0n) is 9.90. The normalized spacial score (nSPS) is 19.6. The van der Waals surface area contributed by atoms with E-state index < -0.39 is 5.82 Å². The molecule has 0 bridgehead atoms. The summed E-state index contributed by atoms with van der Waals surface area (Å²) in [6, 6.07) is 4.51. The van der Waals surface area contributed by atoms with Crippen LogP contribution in [0.4, 0.5) is 4.39 Å². The maximum atomic E-state index is 13.8. The summed E-state index contributed by atoms with van der Waals surface area (Å²) in [6.07, 6.45) is 0. The average molecular weight is 284 g/mol. The van der Waals surface area contributed by atoms with E-state index in [4.69, 9.17) is 20.9 Å². The van der Waals surface area contributed by atoms with Crippen molar-refractivity contribution >= 4 is 11.6 Å². The number of aromatic nitrogens is 2. The fourth-order valence-electron chi connectivity index (χ4n) is 1.89. The van der Waals surface area contributed by atoms with Crippen LogP contribution in [0.5, 0.6) is 0 Å². The minimum Gasteiger partial charge on any atom is -0.378 e. The van der Waals surface area contributed by atoms with E-state index in [1.807, 2.05) is 0 Å². The van der Waals surface area contributed by atoms with Crippen molar-refractivity contribution in [3.05, 3.63) is 34.9 Å². The van der Waals surface area contributed by atoms with Crippen molar-refractivity contribution in [3.63, 3.8) is 0 Å². The van der Waals surface area contributed by atoms with Crippen molar-refractivity contribution in [3.8, 4) is 11.5 Å². The maximum absolute atomic E-state index is 13.8. The van der Waals surface area contributed by atoms with E-state index in [2.05, 4.69) is 15.5 Å². The molecule has 2 heterocycles. The van der Waals surface area contributed by atoms with Crippen LogP contribution < -0.4 is 5.32 Å². The molecule has 1 aromatic heterocycles. The lowest BCUT2D eigenvalue weighted by molar-refractivity contribution is 0.0734. The summed E-state index contributed by atoms with van der Waals surface area (Å²) in [6.45, 7) is 1.85. The number of rotatable bonds is 2. The highest BCUT2D eigenvalue weighted by Gasteiger charge is 2.22. The average Bonchev–Trinajstić information content (AvgIpc) is 2.92. The Kier molecular flexibility index (Phi) is 3.46. The van der Waals surface area contributed by atoms with Crippen LogP contribution in [0.2, 0.25) is 5.02 Å². The number of nitrogens with zero attached hydrogens (tertiary/aromatic N) is 2. The fourth-order valence-corrected chi connectivity index (χ4v) is 2.06. The van der Waals surface area contributed by atoms with Crippen LogP contribution in [0.15, 0.2) is 22.7 Å². The lowest BCUT2D eigenvalue weighted by Crippen LogP contribution is -2.35. The molecule has 2 aromatic rings. The van der Waals surface area contributed by atoms with Crippen molar-refractivity contribution in [1.29, 1.82) is 0 Å². The van der Waals surface area contributed by atoms with Gasteiger partial charge in [0.25, 0.3) is 5.89 Å². The second-order valence-electron chi connectivity index (χ2n) is 4.14. The molecule has 1 atom stereocenters. The molecule has 1 N–H and O–H groups in total. The Hall–Kier alpha value is -1.50. The van der Waals surface area contributed by atoms with E-state index in [0.29, 0.717) is 19.0 Å². The first kappa shape index (κ1) is 12.5. The molecule has 0 aliphatic carbocycles. The predicted molar refractivity (Wildman–Crippen MR) is 66.3 cm³/mol. The Morgan fingerprint density at radius 3 is 3.11 bits per heavy atom. The van der Waals surface area contributed by atoms with Gasteiger partial charge >= 0.3 is 0 Å². The van der Waals surface area contributed by atoms with Crippen molar-refractivity contribution in [1.82, 2.24) is 15.5 Å². The van der Waals surface area contributed by atoms with Gasteiger partial charge in [-0.1, -0.05) is 22.8 Å². The highest BCUT2D eigenvalue weighted by molar-refractivity contribution is 6.31. The molecule has 3 rings (SSSR count). The summed E-state index contributed by atoms with van der Waals surface area (Å²) in [5.41, 5.74) is 0.197. The van der Waals surface area contributed by atoms with Gasteiger partial charge in [-0.2, -0.15) is 4.98 Å². The van der Waals surface area contributed by atoms with Crippen LogP contribution in [-0.2, 0) is 4.74 Å². The SMILES string of the molecule is Fc1c(Cl)cccc1-c1nc(C2COCCN2)no1. The van der Waals surface area contributed by atoms with Crippen LogP contribution in [0.3, 0.4) is 0 Å². The summed E-state index contributed by atoms with van der Waals surface area (Å²) < 4.78 is 24.2. The van der Waals surface area contributed by atoms with Gasteiger partial charge in [0.05, 0.1) is 29.8 Å². The standard InChI is InChI=1S/C12H11ClFN3O2/c13-8-3-1-2-7(10(8)14)12-16-11(17-19-12)9-6-18-5-4-15-9/h1-3,9,15H,4-6H2. The molecular weight excluding hydrogens is 273 g/mol. The third-order valence-electron chi connectivity index (χ3n) is 2.86. The van der Waals surface area contributed by atoms with Gasteiger partial charge in [-0.05, 0) is 12.1 Å². The number of benzene rings is 1. The third kappa shape index (κ3) is 2.47. The van der Waals surface area contributed by atoms with Gasteiger partial charge in [-0.15, -0.1) is 0 Å². The van der Waals surface area contributed by atoms with Gasteiger partial charge < -0.3 is 14.6 Å². The maximum Gasteiger partial charge on any atom is 0.261 e. The first-order valence-electron chi connectivity index (χ1n) is 5.85. The number of hydrogen-bond donors (Lipinski definition) is 1. The first-order valence-corrected chi connectivity index (χ1v) is 6.22. The smallest absolute Gasteiger partial charge is 0.261 e. The van der Waals surface area contributed by atoms with Crippen LogP contribution in [0.25, 0.3) is 11.5 Å². The summed E-state index contributed by atoms with van der Waals surface area (Å²) in [5.74, 6) is 0.00340. The molecule has 0 radical (unpaired) electrons. The number of morpholine rings is 1. The van der Waals surface area contributed by atoms with E-state index in [1.165, 1.54) is 6.07 Å². The van der Waals surface area contributed by atoms with Crippen molar-refractivity contribution in [2.75, 3.05) is 19.8 Å². The zero-order valence-corrected chi connectivity index (χ0v) is 10.7. The summed E-state index contributed by atoms with van der Waals surface area (Å²) >= 11 is 5.72. The highest BCUT2D eigenvalue weighted by Crippen LogP contribution is 2.27. The monoisotopic (exact) mass is 283 g/mol. The van der Waals surface area contributed by atoms with Gasteiger partial charge in [0.2, 0.25) is 0 Å². The molecule has 100 valence electrons. The Balaban J connectivity index is 1.90. The van der Waals surface area contributed by atoms with E-state index >= 15 is 0 Å². The molecule has 1 fully saturated rings. The van der Waals surface area contributed by atoms with Crippen LogP contribution in [0.1, 0.15) is 11.9 Å². The van der Waals surface area contributed by atoms with E-state index in [-0.39, 0.29) is 22.5 Å². The molecule has 0 saturated carbocycles. The lowest BCUT2D eigenvalue weighted by atomic mass is 10.2. The highest BCUT2D eigenvalue weighted by atomic mass is 35.5. The molecule has 0 spiro atoms. The van der Waals surface area contributed by atoms with Crippen molar-refractivity contribution < 1.29 is 13.7 Å². The molecule has 1 aromatic carbocycles. The van der Waals surface area contributed by atoms with Gasteiger partial charge in [0, 0.05) is 6.54 Å². The van der Waals surface area contributed by atoms with E-state index in [9.17, 15) is 4.39 Å². The minimum atomic E-state index is -0.563. The van der Waals surface area contributed by atoms with Crippen LogP contribution in [0, 0.1) is 5.82 Å². The van der Waals surface area contributed by atoms with Gasteiger partial charge in [0.1, 0.15) is 0 Å². The van der Waals surface area contributed by atoms with Crippen LogP contribution >= 0.6 is 11.6 Å². The zero-order chi connectivity index (χ0) is 13.2. The molecular formula is C12H11ClFN3O2. The molecule has 1 aliphatic rings.